The highest BCUT2D eigenvalue weighted by atomic mass is 16.5. The van der Waals surface area contributed by atoms with Crippen molar-refractivity contribution in [1.29, 1.82) is 0 Å². The number of aryl methyl sites for hydroxylation is 1. The van der Waals surface area contributed by atoms with Crippen LogP contribution in [-0.2, 0) is 29.7 Å². The Hall–Kier alpha value is -3.61. The summed E-state index contributed by atoms with van der Waals surface area (Å²) in [5.74, 6) is -0.454. The van der Waals surface area contributed by atoms with Crippen LogP contribution in [0.15, 0.2) is 71.8 Å². The smallest absolute Gasteiger partial charge is 0.329 e. The predicted molar refractivity (Wildman–Crippen MR) is 101 cm³/mol. The predicted octanol–water partition coefficient (Wildman–Crippen LogP) is 2.27. The molecule has 2 aromatic heterocycles. The summed E-state index contributed by atoms with van der Waals surface area (Å²) in [6, 6.07) is 16.8. The molecule has 27 heavy (non-hydrogen) atoms. The molecule has 136 valence electrons. The molecule has 7 nitrogen and oxygen atoms in total. The number of para-hydroxylation sites is 2. The summed E-state index contributed by atoms with van der Waals surface area (Å²) in [5, 5.41) is 4.17. The maximum Gasteiger partial charge on any atom is 0.329 e. The van der Waals surface area contributed by atoms with Crippen molar-refractivity contribution in [2.45, 2.75) is 13.2 Å². The number of aromatic nitrogens is 4. The summed E-state index contributed by atoms with van der Waals surface area (Å²) in [6.07, 6.45) is 3.57. The number of esters is 1. The second-order valence-electron chi connectivity index (χ2n) is 6.19. The zero-order chi connectivity index (χ0) is 18.8. The van der Waals surface area contributed by atoms with Crippen molar-refractivity contribution in [3.8, 4) is 5.69 Å². The largest absolute Gasteiger partial charge is 0.459 e. The van der Waals surface area contributed by atoms with E-state index in [-0.39, 0.29) is 18.8 Å². The zero-order valence-corrected chi connectivity index (χ0v) is 14.8. The molecule has 0 fully saturated rings. The Morgan fingerprint density at radius 1 is 1.04 bits per heavy atom. The minimum Gasteiger partial charge on any atom is -0.459 e. The zero-order valence-electron chi connectivity index (χ0n) is 14.8. The van der Waals surface area contributed by atoms with Crippen LogP contribution in [0.3, 0.4) is 0 Å². The Balaban J connectivity index is 1.43. The molecule has 0 radical (unpaired) electrons. The van der Waals surface area contributed by atoms with E-state index in [0.717, 1.165) is 16.8 Å². The average Bonchev–Trinajstić information content (AvgIpc) is 3.31. The van der Waals surface area contributed by atoms with Crippen LogP contribution in [0.25, 0.3) is 16.7 Å². The van der Waals surface area contributed by atoms with Gasteiger partial charge in [0.05, 0.1) is 16.7 Å². The van der Waals surface area contributed by atoms with Gasteiger partial charge in [-0.1, -0.05) is 24.3 Å². The van der Waals surface area contributed by atoms with E-state index < -0.39 is 5.97 Å². The highest BCUT2D eigenvalue weighted by Gasteiger charge is 2.14. The molecule has 2 heterocycles. The van der Waals surface area contributed by atoms with Gasteiger partial charge in [0.2, 0.25) is 0 Å². The maximum absolute atomic E-state index is 12.4. The number of carbonyl (C=O) groups excluding carboxylic acids is 1. The van der Waals surface area contributed by atoms with Crippen molar-refractivity contribution < 1.29 is 9.53 Å². The number of hydrogen-bond donors (Lipinski definition) is 0. The third-order valence-corrected chi connectivity index (χ3v) is 4.44. The third-order valence-electron chi connectivity index (χ3n) is 4.44. The number of rotatable bonds is 5. The quantitative estimate of drug-likeness (QED) is 0.511. The van der Waals surface area contributed by atoms with Crippen LogP contribution in [0.2, 0.25) is 0 Å². The van der Waals surface area contributed by atoms with Gasteiger partial charge in [-0.2, -0.15) is 5.10 Å². The molecule has 0 N–H and O–H groups in total. The average molecular weight is 362 g/mol. The Morgan fingerprint density at radius 2 is 1.78 bits per heavy atom. The molecule has 0 aliphatic carbocycles. The molecule has 4 rings (SSSR count). The van der Waals surface area contributed by atoms with Crippen molar-refractivity contribution >= 4 is 17.0 Å². The van der Waals surface area contributed by atoms with Gasteiger partial charge in [-0.3, -0.25) is 13.9 Å². The lowest BCUT2D eigenvalue weighted by atomic mass is 10.2. The van der Waals surface area contributed by atoms with Gasteiger partial charge in [-0.15, -0.1) is 0 Å². The first kappa shape index (κ1) is 16.8. The Morgan fingerprint density at radius 3 is 2.48 bits per heavy atom. The molecule has 7 heteroatoms. The molecule has 0 aliphatic heterocycles. The van der Waals surface area contributed by atoms with E-state index in [1.54, 1.807) is 17.9 Å². The number of nitrogens with zero attached hydrogens (tertiary/aromatic N) is 4. The van der Waals surface area contributed by atoms with Gasteiger partial charge in [0.1, 0.15) is 13.2 Å². The van der Waals surface area contributed by atoms with Gasteiger partial charge in [-0.25, -0.2) is 9.48 Å². The third kappa shape index (κ3) is 3.27. The number of fused-ring (bicyclic) bond motifs is 1. The van der Waals surface area contributed by atoms with E-state index in [1.165, 1.54) is 9.13 Å². The standard InChI is InChI=1S/C20H18N4O3/c1-22-17-5-2-3-6-18(17)23(20(22)26)13-19(25)27-14-15-7-9-16(10-8-15)24-12-4-11-21-24/h2-12H,13-14H2,1H3. The number of benzene rings is 2. The molecule has 2 aromatic carbocycles. The highest BCUT2D eigenvalue weighted by Crippen LogP contribution is 2.12. The molecule has 0 bridgehead atoms. The second-order valence-corrected chi connectivity index (χ2v) is 6.19. The van der Waals surface area contributed by atoms with Crippen molar-refractivity contribution in [3.05, 3.63) is 83.0 Å². The topological polar surface area (TPSA) is 71.1 Å². The fraction of sp³-hybridized carbons (Fsp3) is 0.150. The Bertz CT molecular complexity index is 1140. The molecule has 0 saturated carbocycles. The first-order valence-electron chi connectivity index (χ1n) is 8.52. The van der Waals surface area contributed by atoms with Gasteiger partial charge in [0.15, 0.2) is 0 Å². The number of imidazole rings is 1. The van der Waals surface area contributed by atoms with Crippen molar-refractivity contribution in [2.75, 3.05) is 0 Å². The minimum atomic E-state index is -0.454. The van der Waals surface area contributed by atoms with E-state index in [0.29, 0.717) is 5.52 Å². The summed E-state index contributed by atoms with van der Waals surface area (Å²) in [5.41, 5.74) is 3.05. The highest BCUT2D eigenvalue weighted by molar-refractivity contribution is 5.78. The van der Waals surface area contributed by atoms with E-state index in [9.17, 15) is 9.59 Å². The van der Waals surface area contributed by atoms with E-state index in [4.69, 9.17) is 4.74 Å². The lowest BCUT2D eigenvalue weighted by Crippen LogP contribution is -2.26. The molecule has 0 spiro atoms. The normalized spacial score (nSPS) is 11.0. The molecule has 0 atom stereocenters. The summed E-state index contributed by atoms with van der Waals surface area (Å²) in [6.45, 7) is 0.0310. The van der Waals surface area contributed by atoms with Crippen molar-refractivity contribution in [1.82, 2.24) is 18.9 Å². The van der Waals surface area contributed by atoms with Gasteiger partial charge >= 0.3 is 11.7 Å². The van der Waals surface area contributed by atoms with Gasteiger partial charge in [-0.05, 0) is 35.9 Å². The summed E-state index contributed by atoms with van der Waals surface area (Å²) in [4.78, 5) is 24.6. The van der Waals surface area contributed by atoms with Crippen LogP contribution in [-0.4, -0.2) is 24.9 Å². The van der Waals surface area contributed by atoms with Crippen molar-refractivity contribution in [2.24, 2.45) is 7.05 Å². The maximum atomic E-state index is 12.4. The van der Waals surface area contributed by atoms with Gasteiger partial charge < -0.3 is 4.74 Å². The van der Waals surface area contributed by atoms with Crippen LogP contribution in [0.1, 0.15) is 5.56 Å². The Labute approximate surface area is 155 Å². The minimum absolute atomic E-state index is 0.119. The fourth-order valence-electron chi connectivity index (χ4n) is 3.02. The molecule has 0 amide bonds. The summed E-state index contributed by atoms with van der Waals surface area (Å²) >= 11 is 0. The van der Waals surface area contributed by atoms with Crippen molar-refractivity contribution in [3.63, 3.8) is 0 Å². The molecular formula is C20H18N4O3. The SMILES string of the molecule is Cn1c(=O)n(CC(=O)OCc2ccc(-n3cccn3)cc2)c2ccccc21. The number of carbonyl (C=O) groups is 1. The van der Waals surface area contributed by atoms with Gasteiger partial charge in [0, 0.05) is 19.4 Å². The van der Waals surface area contributed by atoms with E-state index >= 15 is 0 Å². The molecule has 0 unspecified atom stereocenters. The molecule has 4 aromatic rings. The van der Waals surface area contributed by atoms with E-state index in [2.05, 4.69) is 5.10 Å². The fourth-order valence-corrected chi connectivity index (χ4v) is 3.02. The number of hydrogen-bond acceptors (Lipinski definition) is 4. The number of ether oxygens (including phenoxy) is 1. The second kappa shape index (κ2) is 6.95. The lowest BCUT2D eigenvalue weighted by molar-refractivity contribution is -0.145. The summed E-state index contributed by atoms with van der Waals surface area (Å²) < 4.78 is 10.1. The molecule has 0 aliphatic rings. The van der Waals surface area contributed by atoms with Crippen LogP contribution in [0, 0.1) is 0 Å². The summed E-state index contributed by atoms with van der Waals surface area (Å²) in [7, 11) is 1.69. The van der Waals surface area contributed by atoms with E-state index in [1.807, 2.05) is 60.8 Å². The Kier molecular flexibility index (Phi) is 4.33. The van der Waals surface area contributed by atoms with Crippen LogP contribution in [0.5, 0.6) is 0 Å². The van der Waals surface area contributed by atoms with Gasteiger partial charge in [0.25, 0.3) is 0 Å². The first-order chi connectivity index (χ1) is 13.1. The monoisotopic (exact) mass is 362 g/mol. The van der Waals surface area contributed by atoms with Crippen LogP contribution in [0.4, 0.5) is 0 Å². The lowest BCUT2D eigenvalue weighted by Gasteiger charge is -2.07. The molecular weight excluding hydrogens is 344 g/mol. The molecule has 0 saturated heterocycles. The van der Waals surface area contributed by atoms with Crippen LogP contribution < -0.4 is 5.69 Å². The first-order valence-corrected chi connectivity index (χ1v) is 8.52. The van der Waals surface area contributed by atoms with Crippen LogP contribution >= 0.6 is 0 Å².